The third-order valence-electron chi connectivity index (χ3n) is 4.13. The molecule has 1 aliphatic carbocycles. The second-order valence-corrected chi connectivity index (χ2v) is 6.80. The second kappa shape index (κ2) is 7.41. The lowest BCUT2D eigenvalue weighted by molar-refractivity contribution is 0.237. The van der Waals surface area contributed by atoms with Crippen LogP contribution in [0.4, 0.5) is 0 Å². The van der Waals surface area contributed by atoms with E-state index in [1.165, 1.54) is 37.7 Å². The number of rotatable bonds is 4. The van der Waals surface area contributed by atoms with Crippen LogP contribution in [0, 0.1) is 5.92 Å². The quantitative estimate of drug-likeness (QED) is 0.854. The molecule has 2 atom stereocenters. The Morgan fingerprint density at radius 2 is 1.84 bits per heavy atom. The Morgan fingerprint density at radius 1 is 1.16 bits per heavy atom. The van der Waals surface area contributed by atoms with Gasteiger partial charge in [0.15, 0.2) is 0 Å². The standard InChI is InChI=1S/C16H25BrN2/c1-19(11-13-7-9-15(17)10-8-13)12-14-5-3-2-4-6-16(14)18/h7-10,14,16H,2-6,11-12,18H2,1H3. The van der Waals surface area contributed by atoms with Crippen LogP contribution in [-0.4, -0.2) is 24.5 Å². The van der Waals surface area contributed by atoms with Crippen LogP contribution in [0.15, 0.2) is 28.7 Å². The van der Waals surface area contributed by atoms with Crippen molar-refractivity contribution in [2.45, 2.75) is 44.7 Å². The van der Waals surface area contributed by atoms with Gasteiger partial charge in [-0.25, -0.2) is 0 Å². The zero-order valence-electron chi connectivity index (χ0n) is 11.8. The van der Waals surface area contributed by atoms with E-state index in [1.54, 1.807) is 0 Å². The van der Waals surface area contributed by atoms with Gasteiger partial charge in [-0.15, -0.1) is 0 Å². The van der Waals surface area contributed by atoms with E-state index in [0.717, 1.165) is 17.6 Å². The van der Waals surface area contributed by atoms with E-state index in [9.17, 15) is 0 Å². The van der Waals surface area contributed by atoms with Gasteiger partial charge in [0.05, 0.1) is 0 Å². The summed E-state index contributed by atoms with van der Waals surface area (Å²) in [5.74, 6) is 0.669. The first-order valence-electron chi connectivity index (χ1n) is 7.33. The van der Waals surface area contributed by atoms with Gasteiger partial charge in [-0.05, 0) is 43.5 Å². The molecule has 0 spiro atoms. The Labute approximate surface area is 125 Å². The van der Waals surface area contributed by atoms with E-state index in [4.69, 9.17) is 5.73 Å². The van der Waals surface area contributed by atoms with Gasteiger partial charge in [-0.2, -0.15) is 0 Å². The molecule has 3 heteroatoms. The zero-order valence-corrected chi connectivity index (χ0v) is 13.4. The van der Waals surface area contributed by atoms with Crippen molar-refractivity contribution in [2.24, 2.45) is 11.7 Å². The molecule has 1 saturated carbocycles. The van der Waals surface area contributed by atoms with E-state index in [-0.39, 0.29) is 0 Å². The molecule has 0 heterocycles. The number of hydrogen-bond donors (Lipinski definition) is 1. The van der Waals surface area contributed by atoms with E-state index >= 15 is 0 Å². The maximum Gasteiger partial charge on any atom is 0.0230 e. The number of nitrogens with zero attached hydrogens (tertiary/aromatic N) is 1. The van der Waals surface area contributed by atoms with Gasteiger partial charge < -0.3 is 10.6 Å². The van der Waals surface area contributed by atoms with Crippen molar-refractivity contribution >= 4 is 15.9 Å². The molecule has 2 unspecified atom stereocenters. The van der Waals surface area contributed by atoms with Crippen molar-refractivity contribution in [2.75, 3.05) is 13.6 Å². The summed E-state index contributed by atoms with van der Waals surface area (Å²) in [7, 11) is 2.21. The Kier molecular flexibility index (Phi) is 5.86. The average molecular weight is 325 g/mol. The van der Waals surface area contributed by atoms with Gasteiger partial charge in [0, 0.05) is 23.6 Å². The molecule has 0 radical (unpaired) electrons. The Morgan fingerprint density at radius 3 is 2.58 bits per heavy atom. The fraction of sp³-hybridized carbons (Fsp3) is 0.625. The number of benzene rings is 1. The molecule has 2 nitrogen and oxygen atoms in total. The third-order valence-corrected chi connectivity index (χ3v) is 4.66. The minimum Gasteiger partial charge on any atom is -0.327 e. The average Bonchev–Trinajstić information content (AvgIpc) is 2.58. The van der Waals surface area contributed by atoms with Crippen LogP contribution < -0.4 is 5.73 Å². The van der Waals surface area contributed by atoms with Crippen molar-refractivity contribution in [3.05, 3.63) is 34.3 Å². The Balaban J connectivity index is 1.85. The summed E-state index contributed by atoms with van der Waals surface area (Å²) in [4.78, 5) is 2.42. The first kappa shape index (κ1) is 15.0. The molecule has 1 fully saturated rings. The molecule has 1 aliphatic rings. The van der Waals surface area contributed by atoms with Crippen molar-refractivity contribution in [3.8, 4) is 0 Å². The highest BCUT2D eigenvalue weighted by Gasteiger charge is 2.21. The predicted molar refractivity (Wildman–Crippen MR) is 85.0 cm³/mol. The number of nitrogens with two attached hydrogens (primary N) is 1. The van der Waals surface area contributed by atoms with Crippen molar-refractivity contribution in [1.82, 2.24) is 4.90 Å². The molecule has 0 aromatic heterocycles. The summed E-state index contributed by atoms with van der Waals surface area (Å²) in [6, 6.07) is 9.00. The van der Waals surface area contributed by atoms with Crippen LogP contribution >= 0.6 is 15.9 Å². The Bertz CT molecular complexity index is 377. The van der Waals surface area contributed by atoms with Gasteiger partial charge in [0.2, 0.25) is 0 Å². The molecule has 1 aromatic carbocycles. The summed E-state index contributed by atoms with van der Waals surface area (Å²) in [6.07, 6.45) is 6.53. The van der Waals surface area contributed by atoms with Gasteiger partial charge in [0.1, 0.15) is 0 Å². The molecule has 0 saturated heterocycles. The molecule has 0 amide bonds. The summed E-state index contributed by atoms with van der Waals surface area (Å²) >= 11 is 3.48. The largest absolute Gasteiger partial charge is 0.327 e. The van der Waals surface area contributed by atoms with Gasteiger partial charge in [0.25, 0.3) is 0 Å². The van der Waals surface area contributed by atoms with Crippen LogP contribution in [0.3, 0.4) is 0 Å². The SMILES string of the molecule is CN(Cc1ccc(Br)cc1)CC1CCCCCC1N. The minimum absolute atomic E-state index is 0.398. The smallest absolute Gasteiger partial charge is 0.0230 e. The first-order valence-corrected chi connectivity index (χ1v) is 8.13. The number of halogens is 1. The normalized spacial score (nSPS) is 24.4. The van der Waals surface area contributed by atoms with Crippen molar-refractivity contribution in [1.29, 1.82) is 0 Å². The third kappa shape index (κ3) is 4.90. The van der Waals surface area contributed by atoms with Crippen LogP contribution in [0.2, 0.25) is 0 Å². The maximum absolute atomic E-state index is 6.31. The molecular weight excluding hydrogens is 300 g/mol. The predicted octanol–water partition coefficient (Wildman–Crippen LogP) is 3.79. The van der Waals surface area contributed by atoms with Gasteiger partial charge in [-0.1, -0.05) is 47.3 Å². The van der Waals surface area contributed by atoms with Crippen molar-refractivity contribution < 1.29 is 0 Å². The van der Waals surface area contributed by atoms with Crippen LogP contribution in [-0.2, 0) is 6.54 Å². The van der Waals surface area contributed by atoms with Crippen LogP contribution in [0.25, 0.3) is 0 Å². The van der Waals surface area contributed by atoms with Crippen LogP contribution in [0.5, 0.6) is 0 Å². The van der Waals surface area contributed by atoms with E-state index in [2.05, 4.69) is 52.1 Å². The molecule has 2 rings (SSSR count). The summed E-state index contributed by atoms with van der Waals surface area (Å²) in [5, 5.41) is 0. The topological polar surface area (TPSA) is 29.3 Å². The monoisotopic (exact) mass is 324 g/mol. The molecule has 1 aromatic rings. The summed E-state index contributed by atoms with van der Waals surface area (Å²) in [6.45, 7) is 2.13. The highest BCUT2D eigenvalue weighted by Crippen LogP contribution is 2.23. The Hall–Kier alpha value is -0.380. The zero-order chi connectivity index (χ0) is 13.7. The lowest BCUT2D eigenvalue weighted by Gasteiger charge is -2.27. The highest BCUT2D eigenvalue weighted by atomic mass is 79.9. The maximum atomic E-state index is 6.31. The van der Waals surface area contributed by atoms with E-state index in [1.807, 2.05) is 0 Å². The summed E-state index contributed by atoms with van der Waals surface area (Å²) in [5.41, 5.74) is 7.68. The van der Waals surface area contributed by atoms with E-state index < -0.39 is 0 Å². The molecule has 2 N–H and O–H groups in total. The molecule has 19 heavy (non-hydrogen) atoms. The number of hydrogen-bond acceptors (Lipinski definition) is 2. The molecule has 106 valence electrons. The highest BCUT2D eigenvalue weighted by molar-refractivity contribution is 9.10. The molecule has 0 bridgehead atoms. The van der Waals surface area contributed by atoms with Gasteiger partial charge >= 0.3 is 0 Å². The van der Waals surface area contributed by atoms with Gasteiger partial charge in [-0.3, -0.25) is 0 Å². The lowest BCUT2D eigenvalue weighted by atomic mass is 9.95. The lowest BCUT2D eigenvalue weighted by Crippen LogP contribution is -2.37. The minimum atomic E-state index is 0.398. The summed E-state index contributed by atoms with van der Waals surface area (Å²) < 4.78 is 1.14. The van der Waals surface area contributed by atoms with Crippen molar-refractivity contribution in [3.63, 3.8) is 0 Å². The fourth-order valence-corrected chi connectivity index (χ4v) is 3.27. The second-order valence-electron chi connectivity index (χ2n) is 5.89. The van der Waals surface area contributed by atoms with E-state index in [0.29, 0.717) is 12.0 Å². The molecule has 0 aliphatic heterocycles. The van der Waals surface area contributed by atoms with Crippen LogP contribution in [0.1, 0.15) is 37.7 Å². The fourth-order valence-electron chi connectivity index (χ4n) is 3.01. The first-order chi connectivity index (χ1) is 9.15. The molecular formula is C16H25BrN2.